The van der Waals surface area contributed by atoms with Gasteiger partial charge in [-0.3, -0.25) is 4.90 Å². The first-order valence-electron chi connectivity index (χ1n) is 8.23. The zero-order valence-electron chi connectivity index (χ0n) is 12.9. The summed E-state index contributed by atoms with van der Waals surface area (Å²) in [5.41, 5.74) is 0. The van der Waals surface area contributed by atoms with Gasteiger partial charge in [0.2, 0.25) is 0 Å². The number of nitrogens with zero attached hydrogens (tertiary/aromatic N) is 1. The summed E-state index contributed by atoms with van der Waals surface area (Å²) in [5.74, 6) is 1.73. The maximum Gasteiger partial charge on any atom is 0.0416 e. The standard InChI is InChI=1S/C18H24N2S/c1-3-16-15-10-19-9-14(15)11-20(16)12(2)18-8-13-6-4-5-7-17(13)21-18/h4-8,12,14-16,19H,3,9-11H2,1-2H3. The van der Waals surface area contributed by atoms with Crippen molar-refractivity contribution < 1.29 is 0 Å². The quantitative estimate of drug-likeness (QED) is 0.925. The summed E-state index contributed by atoms with van der Waals surface area (Å²) < 4.78 is 1.42. The van der Waals surface area contributed by atoms with Crippen LogP contribution in [0.5, 0.6) is 0 Å². The lowest BCUT2D eigenvalue weighted by Crippen LogP contribution is -2.36. The van der Waals surface area contributed by atoms with Crippen molar-refractivity contribution in [3.63, 3.8) is 0 Å². The first-order valence-corrected chi connectivity index (χ1v) is 9.04. The average molecular weight is 300 g/mol. The van der Waals surface area contributed by atoms with Crippen LogP contribution in [-0.4, -0.2) is 30.6 Å². The van der Waals surface area contributed by atoms with Crippen molar-refractivity contribution in [3.8, 4) is 0 Å². The number of likely N-dealkylation sites (tertiary alicyclic amines) is 1. The van der Waals surface area contributed by atoms with Gasteiger partial charge >= 0.3 is 0 Å². The molecule has 1 N–H and O–H groups in total. The van der Waals surface area contributed by atoms with E-state index in [-0.39, 0.29) is 0 Å². The molecule has 3 heteroatoms. The Morgan fingerprint density at radius 1 is 1.33 bits per heavy atom. The van der Waals surface area contributed by atoms with Crippen molar-refractivity contribution in [1.82, 2.24) is 10.2 Å². The number of benzene rings is 1. The maximum absolute atomic E-state index is 3.59. The first kappa shape index (κ1) is 13.7. The van der Waals surface area contributed by atoms with E-state index in [2.05, 4.69) is 54.4 Å². The molecular weight excluding hydrogens is 276 g/mol. The Kier molecular flexibility index (Phi) is 3.52. The van der Waals surface area contributed by atoms with Crippen molar-refractivity contribution in [2.24, 2.45) is 11.8 Å². The van der Waals surface area contributed by atoms with Crippen LogP contribution < -0.4 is 5.32 Å². The highest BCUT2D eigenvalue weighted by Crippen LogP contribution is 2.41. The SMILES string of the molecule is CCC1C2CNCC2CN1C(C)c1cc2ccccc2s1. The summed E-state index contributed by atoms with van der Waals surface area (Å²) in [6.45, 7) is 8.47. The molecule has 0 spiro atoms. The molecule has 2 fully saturated rings. The third kappa shape index (κ3) is 2.23. The highest BCUT2D eigenvalue weighted by molar-refractivity contribution is 7.19. The van der Waals surface area contributed by atoms with Crippen molar-refractivity contribution in [1.29, 1.82) is 0 Å². The summed E-state index contributed by atoms with van der Waals surface area (Å²) >= 11 is 1.98. The van der Waals surface area contributed by atoms with Gasteiger partial charge in [-0.15, -0.1) is 11.3 Å². The largest absolute Gasteiger partial charge is 0.316 e. The molecule has 0 saturated carbocycles. The molecule has 2 saturated heterocycles. The molecule has 1 aromatic carbocycles. The van der Waals surface area contributed by atoms with Crippen molar-refractivity contribution in [3.05, 3.63) is 35.2 Å². The molecule has 4 rings (SSSR count). The molecule has 2 aliphatic heterocycles. The summed E-state index contributed by atoms with van der Waals surface area (Å²) in [5, 5.41) is 4.99. The first-order chi connectivity index (χ1) is 10.3. The minimum atomic E-state index is 0.554. The monoisotopic (exact) mass is 300 g/mol. The van der Waals surface area contributed by atoms with Gasteiger partial charge in [-0.05, 0) is 55.8 Å². The van der Waals surface area contributed by atoms with Crippen LogP contribution in [-0.2, 0) is 0 Å². The molecule has 2 aromatic rings. The van der Waals surface area contributed by atoms with Gasteiger partial charge in [0.25, 0.3) is 0 Å². The van der Waals surface area contributed by atoms with Gasteiger partial charge in [-0.1, -0.05) is 25.1 Å². The highest BCUT2D eigenvalue weighted by atomic mass is 32.1. The van der Waals surface area contributed by atoms with Crippen LogP contribution in [0.2, 0.25) is 0 Å². The van der Waals surface area contributed by atoms with Crippen molar-refractivity contribution in [2.75, 3.05) is 19.6 Å². The molecule has 2 aliphatic rings. The Bertz CT molecular complexity index is 602. The van der Waals surface area contributed by atoms with Gasteiger partial charge in [-0.25, -0.2) is 0 Å². The van der Waals surface area contributed by atoms with Gasteiger partial charge in [0.1, 0.15) is 0 Å². The van der Waals surface area contributed by atoms with E-state index in [1.54, 1.807) is 0 Å². The minimum absolute atomic E-state index is 0.554. The number of rotatable bonds is 3. The molecule has 0 amide bonds. The molecule has 4 unspecified atom stereocenters. The van der Waals surface area contributed by atoms with Crippen LogP contribution in [0, 0.1) is 11.8 Å². The summed E-state index contributed by atoms with van der Waals surface area (Å²) in [6.07, 6.45) is 1.28. The van der Waals surface area contributed by atoms with Crippen molar-refractivity contribution in [2.45, 2.75) is 32.4 Å². The molecular formula is C18H24N2S. The van der Waals surface area contributed by atoms with E-state index in [0.29, 0.717) is 6.04 Å². The van der Waals surface area contributed by atoms with E-state index in [9.17, 15) is 0 Å². The van der Waals surface area contributed by atoms with Gasteiger partial charge in [0, 0.05) is 28.2 Å². The number of fused-ring (bicyclic) bond motifs is 2. The molecule has 0 radical (unpaired) electrons. The Morgan fingerprint density at radius 3 is 3.00 bits per heavy atom. The Hall–Kier alpha value is -0.900. The molecule has 0 bridgehead atoms. The van der Waals surface area contributed by atoms with E-state index < -0.39 is 0 Å². The predicted molar refractivity (Wildman–Crippen MR) is 90.9 cm³/mol. The van der Waals surface area contributed by atoms with Gasteiger partial charge in [0.05, 0.1) is 0 Å². The Labute approximate surface area is 131 Å². The molecule has 112 valence electrons. The molecule has 3 heterocycles. The van der Waals surface area contributed by atoms with E-state index in [1.165, 1.54) is 41.0 Å². The van der Waals surface area contributed by atoms with Crippen molar-refractivity contribution >= 4 is 21.4 Å². The molecule has 2 nitrogen and oxygen atoms in total. The summed E-state index contributed by atoms with van der Waals surface area (Å²) in [7, 11) is 0. The average Bonchev–Trinajstić information content (AvgIpc) is 3.19. The van der Waals surface area contributed by atoms with Gasteiger partial charge < -0.3 is 5.32 Å². The second-order valence-corrected chi connectivity index (χ2v) is 7.73. The van der Waals surface area contributed by atoms with Gasteiger partial charge in [-0.2, -0.15) is 0 Å². The highest BCUT2D eigenvalue weighted by Gasteiger charge is 2.44. The van der Waals surface area contributed by atoms with E-state index in [1.807, 2.05) is 11.3 Å². The molecule has 1 aromatic heterocycles. The molecule has 4 atom stereocenters. The lowest BCUT2D eigenvalue weighted by molar-refractivity contribution is 0.168. The number of thiophene rings is 1. The Balaban J connectivity index is 1.63. The van der Waals surface area contributed by atoms with Crippen LogP contribution in [0.4, 0.5) is 0 Å². The predicted octanol–water partition coefficient (Wildman–Crippen LogP) is 3.89. The maximum atomic E-state index is 3.59. The van der Waals surface area contributed by atoms with E-state index in [0.717, 1.165) is 17.9 Å². The van der Waals surface area contributed by atoms with Crippen LogP contribution in [0.3, 0.4) is 0 Å². The zero-order valence-corrected chi connectivity index (χ0v) is 13.7. The Morgan fingerprint density at radius 2 is 2.19 bits per heavy atom. The fourth-order valence-corrected chi connectivity index (χ4v) is 5.55. The minimum Gasteiger partial charge on any atom is -0.316 e. The van der Waals surface area contributed by atoms with E-state index in [4.69, 9.17) is 0 Å². The fraction of sp³-hybridized carbons (Fsp3) is 0.556. The number of nitrogens with one attached hydrogen (secondary N) is 1. The topological polar surface area (TPSA) is 15.3 Å². The van der Waals surface area contributed by atoms with E-state index >= 15 is 0 Å². The van der Waals surface area contributed by atoms with Gasteiger partial charge in [0.15, 0.2) is 0 Å². The number of hydrogen-bond donors (Lipinski definition) is 1. The smallest absolute Gasteiger partial charge is 0.0416 e. The lowest BCUT2D eigenvalue weighted by Gasteiger charge is -2.31. The third-order valence-corrected chi connectivity index (χ3v) is 6.82. The number of hydrogen-bond acceptors (Lipinski definition) is 3. The van der Waals surface area contributed by atoms with Crippen LogP contribution in [0.25, 0.3) is 10.1 Å². The van der Waals surface area contributed by atoms with Crippen LogP contribution >= 0.6 is 11.3 Å². The fourth-order valence-electron chi connectivity index (χ4n) is 4.41. The summed E-state index contributed by atoms with van der Waals surface area (Å²) in [6, 6.07) is 12.5. The molecule has 0 aliphatic carbocycles. The zero-order chi connectivity index (χ0) is 14.4. The van der Waals surface area contributed by atoms with Crippen LogP contribution in [0.1, 0.15) is 31.2 Å². The second-order valence-electron chi connectivity index (χ2n) is 6.62. The normalized spacial score (nSPS) is 30.9. The van der Waals surface area contributed by atoms with Crippen LogP contribution in [0.15, 0.2) is 30.3 Å². The lowest BCUT2D eigenvalue weighted by atomic mass is 9.92. The summed E-state index contributed by atoms with van der Waals surface area (Å²) in [4.78, 5) is 4.31. The molecule has 21 heavy (non-hydrogen) atoms. The third-order valence-electron chi connectivity index (χ3n) is 5.53. The second kappa shape index (κ2) is 5.38.